The Hall–Kier alpha value is -3.29. The third-order valence-electron chi connectivity index (χ3n) is 3.15. The average Bonchev–Trinajstić information content (AvgIpc) is 2.41. The van der Waals surface area contributed by atoms with E-state index in [1.54, 1.807) is 0 Å². The van der Waals surface area contributed by atoms with Crippen LogP contribution in [-0.4, -0.2) is 27.9 Å². The van der Waals surface area contributed by atoms with Crippen LogP contribution in [0.15, 0.2) is 40.8 Å². The molecule has 2 rings (SSSR count). The first-order valence-corrected chi connectivity index (χ1v) is 6.49. The number of rotatable bonds is 3. The number of aliphatic hydroxyl groups excluding tert-OH is 1. The second-order valence-corrected chi connectivity index (χ2v) is 4.86. The van der Waals surface area contributed by atoms with Crippen molar-refractivity contribution in [3.63, 3.8) is 0 Å². The summed E-state index contributed by atoms with van der Waals surface area (Å²) in [6.45, 7) is 2.52. The summed E-state index contributed by atoms with van der Waals surface area (Å²) in [5.74, 6) is -3.83. The van der Waals surface area contributed by atoms with Crippen LogP contribution in [0.4, 0.5) is 11.4 Å². The third-order valence-corrected chi connectivity index (χ3v) is 3.15. The Morgan fingerprint density at radius 2 is 1.83 bits per heavy atom. The van der Waals surface area contributed by atoms with Crippen LogP contribution >= 0.6 is 0 Å². The molecule has 0 bridgehead atoms. The minimum absolute atomic E-state index is 0.106. The number of anilines is 2. The van der Waals surface area contributed by atoms with Crippen molar-refractivity contribution in [2.75, 3.05) is 11.1 Å². The van der Waals surface area contributed by atoms with E-state index in [9.17, 15) is 24.6 Å². The molecule has 23 heavy (non-hydrogen) atoms. The smallest absolute Gasteiger partial charge is 0.353 e. The van der Waals surface area contributed by atoms with Crippen molar-refractivity contribution in [2.24, 2.45) is 0 Å². The molecule has 8 heteroatoms. The standard InChI is InChI=1S/C15H14N2O6/c1-6(17-8-3-4-10(19)9(16)5-8)11-13(20)12(7(2)18)15(22)23-14(11)21/h3-5,17,19-20H,16H2,1-2H3/b11-6-. The SMILES string of the molecule is CC(=O)C1=C(O)/C(=C(\C)Nc2ccc(O)c(N)c2)C(=O)OC1=O. The molecule has 0 aliphatic carbocycles. The second kappa shape index (κ2) is 5.84. The summed E-state index contributed by atoms with van der Waals surface area (Å²) in [4.78, 5) is 34.7. The second-order valence-electron chi connectivity index (χ2n) is 4.86. The highest BCUT2D eigenvalue weighted by Gasteiger charge is 2.36. The number of carbonyl (C=O) groups excluding carboxylic acids is 3. The van der Waals surface area contributed by atoms with Gasteiger partial charge in [-0.15, -0.1) is 0 Å². The van der Waals surface area contributed by atoms with Crippen molar-refractivity contribution in [2.45, 2.75) is 13.8 Å². The van der Waals surface area contributed by atoms with Gasteiger partial charge in [-0.1, -0.05) is 0 Å². The molecule has 0 fully saturated rings. The molecule has 1 aliphatic rings. The Kier molecular flexibility index (Phi) is 4.08. The Morgan fingerprint density at radius 1 is 1.17 bits per heavy atom. The van der Waals surface area contributed by atoms with Crippen molar-refractivity contribution in [1.82, 2.24) is 0 Å². The molecule has 0 aromatic heterocycles. The maximum absolute atomic E-state index is 11.8. The molecular weight excluding hydrogens is 304 g/mol. The number of carbonyl (C=O) groups is 3. The number of nitrogens with two attached hydrogens (primary N) is 1. The largest absolute Gasteiger partial charge is 0.506 e. The Balaban J connectivity index is 2.48. The molecule has 1 heterocycles. The van der Waals surface area contributed by atoms with Gasteiger partial charge in [0.1, 0.15) is 22.7 Å². The number of Topliss-reactive ketones (excluding diaryl/α,β-unsaturated/α-hetero) is 1. The predicted molar refractivity (Wildman–Crippen MR) is 80.3 cm³/mol. The van der Waals surface area contributed by atoms with Gasteiger partial charge >= 0.3 is 11.9 Å². The average molecular weight is 318 g/mol. The molecule has 0 saturated heterocycles. The molecule has 0 atom stereocenters. The number of ketones is 1. The fraction of sp³-hybridized carbons (Fsp3) is 0.133. The van der Waals surface area contributed by atoms with E-state index in [1.165, 1.54) is 25.1 Å². The zero-order valence-electron chi connectivity index (χ0n) is 12.3. The quantitative estimate of drug-likeness (QED) is 0.124. The van der Waals surface area contributed by atoms with E-state index in [-0.39, 0.29) is 22.7 Å². The number of esters is 2. The highest BCUT2D eigenvalue weighted by molar-refractivity contribution is 6.23. The molecule has 0 unspecified atom stereocenters. The number of cyclic esters (lactones) is 2. The first-order chi connectivity index (χ1) is 10.7. The molecular formula is C15H14N2O6. The van der Waals surface area contributed by atoms with Gasteiger partial charge in [0.2, 0.25) is 0 Å². The molecule has 0 radical (unpaired) electrons. The summed E-state index contributed by atoms with van der Waals surface area (Å²) < 4.78 is 4.47. The number of benzene rings is 1. The number of nitrogens with one attached hydrogen (secondary N) is 1. The zero-order valence-corrected chi connectivity index (χ0v) is 12.3. The number of ether oxygens (including phenoxy) is 1. The van der Waals surface area contributed by atoms with Crippen LogP contribution in [0.1, 0.15) is 13.8 Å². The number of phenols is 1. The van der Waals surface area contributed by atoms with Gasteiger partial charge in [0, 0.05) is 11.4 Å². The van der Waals surface area contributed by atoms with E-state index in [0.717, 1.165) is 6.92 Å². The molecule has 1 aliphatic heterocycles. The van der Waals surface area contributed by atoms with Crippen LogP contribution in [0, 0.1) is 0 Å². The monoisotopic (exact) mass is 318 g/mol. The number of aromatic hydroxyl groups is 1. The van der Waals surface area contributed by atoms with Gasteiger partial charge in [-0.3, -0.25) is 4.79 Å². The van der Waals surface area contributed by atoms with Gasteiger partial charge in [-0.05, 0) is 32.0 Å². The number of hydrogen-bond acceptors (Lipinski definition) is 8. The predicted octanol–water partition coefficient (Wildman–Crippen LogP) is 1.14. The molecule has 120 valence electrons. The molecule has 0 spiro atoms. The summed E-state index contributed by atoms with van der Waals surface area (Å²) >= 11 is 0. The van der Waals surface area contributed by atoms with E-state index in [2.05, 4.69) is 10.1 Å². The van der Waals surface area contributed by atoms with E-state index in [4.69, 9.17) is 5.73 Å². The van der Waals surface area contributed by atoms with E-state index in [0.29, 0.717) is 5.69 Å². The fourth-order valence-corrected chi connectivity index (χ4v) is 2.06. The maximum atomic E-state index is 11.8. The summed E-state index contributed by atoms with van der Waals surface area (Å²) in [7, 11) is 0. The van der Waals surface area contributed by atoms with Gasteiger partial charge in [0.05, 0.1) is 5.69 Å². The van der Waals surface area contributed by atoms with Crippen molar-refractivity contribution in [1.29, 1.82) is 0 Å². The van der Waals surface area contributed by atoms with Crippen LogP contribution in [0.25, 0.3) is 0 Å². The third kappa shape index (κ3) is 3.00. The summed E-state index contributed by atoms with van der Waals surface area (Å²) in [6, 6.07) is 4.24. The van der Waals surface area contributed by atoms with Crippen LogP contribution in [0.3, 0.4) is 0 Å². The molecule has 5 N–H and O–H groups in total. The molecule has 8 nitrogen and oxygen atoms in total. The lowest BCUT2D eigenvalue weighted by atomic mass is 10.0. The molecule has 1 aromatic carbocycles. The Labute approximate surface area is 130 Å². The molecule has 1 aromatic rings. The number of allylic oxidation sites excluding steroid dienone is 1. The lowest BCUT2D eigenvalue weighted by Crippen LogP contribution is -2.29. The topological polar surface area (TPSA) is 139 Å². The minimum Gasteiger partial charge on any atom is -0.506 e. The van der Waals surface area contributed by atoms with Crippen molar-refractivity contribution in [3.8, 4) is 5.75 Å². The van der Waals surface area contributed by atoms with Crippen LogP contribution in [-0.2, 0) is 19.1 Å². The number of nitrogen functional groups attached to an aromatic ring is 1. The normalized spacial score (nSPS) is 17.0. The van der Waals surface area contributed by atoms with Gasteiger partial charge < -0.3 is 26.0 Å². The molecule has 0 saturated carbocycles. The van der Waals surface area contributed by atoms with Gasteiger partial charge in [-0.25, -0.2) is 9.59 Å². The molecule has 0 amide bonds. The van der Waals surface area contributed by atoms with Gasteiger partial charge in [0.25, 0.3) is 0 Å². The highest BCUT2D eigenvalue weighted by atomic mass is 16.6. The highest BCUT2D eigenvalue weighted by Crippen LogP contribution is 2.28. The summed E-state index contributed by atoms with van der Waals surface area (Å²) in [5.41, 5.74) is 5.32. The van der Waals surface area contributed by atoms with Crippen molar-refractivity contribution >= 4 is 29.1 Å². The Bertz CT molecular complexity index is 791. The number of aliphatic hydroxyl groups is 1. The Morgan fingerprint density at radius 3 is 2.39 bits per heavy atom. The minimum atomic E-state index is -1.19. The lowest BCUT2D eigenvalue weighted by Gasteiger charge is -2.18. The van der Waals surface area contributed by atoms with Crippen molar-refractivity contribution < 1.29 is 29.3 Å². The van der Waals surface area contributed by atoms with Crippen LogP contribution in [0.5, 0.6) is 5.75 Å². The van der Waals surface area contributed by atoms with Gasteiger partial charge in [-0.2, -0.15) is 0 Å². The van der Waals surface area contributed by atoms with Gasteiger partial charge in [0.15, 0.2) is 5.78 Å². The van der Waals surface area contributed by atoms with Crippen LogP contribution in [0.2, 0.25) is 0 Å². The zero-order chi connectivity index (χ0) is 17.3. The van der Waals surface area contributed by atoms with E-state index >= 15 is 0 Å². The first kappa shape index (κ1) is 16.1. The van der Waals surface area contributed by atoms with E-state index in [1.807, 2.05) is 0 Å². The van der Waals surface area contributed by atoms with Crippen molar-refractivity contribution in [3.05, 3.63) is 40.8 Å². The summed E-state index contributed by atoms with van der Waals surface area (Å²) in [5, 5.41) is 22.2. The fourth-order valence-electron chi connectivity index (χ4n) is 2.06. The van der Waals surface area contributed by atoms with E-state index < -0.39 is 29.1 Å². The lowest BCUT2D eigenvalue weighted by molar-refractivity contribution is -0.155. The number of phenolic OH excluding ortho intramolecular Hbond substituents is 1. The first-order valence-electron chi connectivity index (χ1n) is 6.49. The van der Waals surface area contributed by atoms with Crippen LogP contribution < -0.4 is 11.1 Å². The number of hydrogen-bond donors (Lipinski definition) is 4. The summed E-state index contributed by atoms with van der Waals surface area (Å²) in [6.07, 6.45) is 0. The maximum Gasteiger partial charge on any atom is 0.353 e.